The van der Waals surface area contributed by atoms with Gasteiger partial charge in [-0.05, 0) is 31.2 Å². The summed E-state index contributed by atoms with van der Waals surface area (Å²) in [5.41, 5.74) is 1.18. The van der Waals surface area contributed by atoms with Crippen LogP contribution in [0.2, 0.25) is 0 Å². The molecule has 3 rings (SSSR count). The van der Waals surface area contributed by atoms with Gasteiger partial charge in [-0.15, -0.1) is 0 Å². The number of nitrogens with one attached hydrogen (secondary N) is 2. The lowest BCUT2D eigenvalue weighted by atomic mass is 9.99. The van der Waals surface area contributed by atoms with Gasteiger partial charge in [-0.2, -0.15) is 0 Å². The normalized spacial score (nSPS) is 20.2. The SMILES string of the molecule is CNC(=O)c1ccc(S(=O)(=O)N[C@H]2COC[C@H]2Cc2cc(C)no2)cc1. The summed E-state index contributed by atoms with van der Waals surface area (Å²) in [4.78, 5) is 11.7. The minimum atomic E-state index is -3.72. The van der Waals surface area contributed by atoms with Gasteiger partial charge in [-0.3, -0.25) is 4.79 Å². The summed E-state index contributed by atoms with van der Waals surface area (Å²) in [6, 6.07) is 7.26. The van der Waals surface area contributed by atoms with Crippen molar-refractivity contribution in [3.63, 3.8) is 0 Å². The number of hydrogen-bond acceptors (Lipinski definition) is 6. The molecule has 1 amide bonds. The second-order valence-corrected chi connectivity index (χ2v) is 7.98. The van der Waals surface area contributed by atoms with Gasteiger partial charge in [0.2, 0.25) is 10.0 Å². The summed E-state index contributed by atoms with van der Waals surface area (Å²) < 4.78 is 38.6. The second kappa shape index (κ2) is 7.56. The van der Waals surface area contributed by atoms with Crippen molar-refractivity contribution in [2.75, 3.05) is 20.3 Å². The maximum absolute atomic E-state index is 12.6. The zero-order valence-corrected chi connectivity index (χ0v) is 15.4. The van der Waals surface area contributed by atoms with E-state index in [1.165, 1.54) is 31.3 Å². The Labute approximate surface area is 152 Å². The summed E-state index contributed by atoms with van der Waals surface area (Å²) in [6.45, 7) is 2.58. The predicted molar refractivity (Wildman–Crippen MR) is 93.2 cm³/mol. The van der Waals surface area contributed by atoms with Crippen LogP contribution < -0.4 is 10.0 Å². The molecule has 1 fully saturated rings. The number of carbonyl (C=O) groups is 1. The average Bonchev–Trinajstić information content (AvgIpc) is 3.23. The number of ether oxygens (including phenoxy) is 1. The van der Waals surface area contributed by atoms with Crippen molar-refractivity contribution < 1.29 is 22.5 Å². The first-order chi connectivity index (χ1) is 12.4. The number of benzene rings is 1. The number of aryl methyl sites for hydroxylation is 1. The molecular weight excluding hydrogens is 358 g/mol. The van der Waals surface area contributed by atoms with Gasteiger partial charge in [0.05, 0.1) is 29.8 Å². The van der Waals surface area contributed by atoms with Crippen LogP contribution >= 0.6 is 0 Å². The van der Waals surface area contributed by atoms with Gasteiger partial charge < -0.3 is 14.6 Å². The molecule has 1 aromatic carbocycles. The number of amides is 1. The van der Waals surface area contributed by atoms with Crippen molar-refractivity contribution >= 4 is 15.9 Å². The van der Waals surface area contributed by atoms with Crippen LogP contribution in [0.5, 0.6) is 0 Å². The highest BCUT2D eigenvalue weighted by Gasteiger charge is 2.33. The first kappa shape index (κ1) is 18.6. The van der Waals surface area contributed by atoms with Gasteiger partial charge in [0.25, 0.3) is 5.91 Å². The van der Waals surface area contributed by atoms with Crippen molar-refractivity contribution in [2.45, 2.75) is 24.3 Å². The first-order valence-electron chi connectivity index (χ1n) is 8.23. The fraction of sp³-hybridized carbons (Fsp3) is 0.412. The molecule has 9 heteroatoms. The fourth-order valence-corrected chi connectivity index (χ4v) is 4.19. The number of rotatable bonds is 6. The van der Waals surface area contributed by atoms with E-state index in [1.807, 2.05) is 13.0 Å². The third-order valence-corrected chi connectivity index (χ3v) is 5.80. The molecule has 0 aliphatic carbocycles. The van der Waals surface area contributed by atoms with Crippen molar-refractivity contribution in [1.82, 2.24) is 15.2 Å². The lowest BCUT2D eigenvalue weighted by Crippen LogP contribution is -2.40. The molecule has 140 valence electrons. The van der Waals surface area contributed by atoms with Gasteiger partial charge in [-0.25, -0.2) is 13.1 Å². The zero-order chi connectivity index (χ0) is 18.7. The fourth-order valence-electron chi connectivity index (χ4n) is 2.90. The summed E-state index contributed by atoms with van der Waals surface area (Å²) in [5.74, 6) is 0.396. The van der Waals surface area contributed by atoms with Gasteiger partial charge in [0.1, 0.15) is 5.76 Å². The topological polar surface area (TPSA) is 111 Å². The van der Waals surface area contributed by atoms with E-state index in [2.05, 4.69) is 15.2 Å². The molecule has 1 aliphatic rings. The Hall–Kier alpha value is -2.23. The van der Waals surface area contributed by atoms with Gasteiger partial charge in [0.15, 0.2) is 0 Å². The Bertz CT molecular complexity index is 876. The zero-order valence-electron chi connectivity index (χ0n) is 14.6. The molecular formula is C17H21N3O5S. The Morgan fingerprint density at radius 2 is 2.00 bits per heavy atom. The number of aromatic nitrogens is 1. The molecule has 1 aromatic heterocycles. The van der Waals surface area contributed by atoms with Crippen molar-refractivity contribution in [3.8, 4) is 0 Å². The van der Waals surface area contributed by atoms with E-state index in [4.69, 9.17) is 9.26 Å². The molecule has 2 N–H and O–H groups in total. The maximum Gasteiger partial charge on any atom is 0.251 e. The summed E-state index contributed by atoms with van der Waals surface area (Å²) in [5, 5.41) is 6.34. The molecule has 0 unspecified atom stereocenters. The Morgan fingerprint density at radius 3 is 2.62 bits per heavy atom. The first-order valence-corrected chi connectivity index (χ1v) is 9.72. The molecule has 0 radical (unpaired) electrons. The van der Waals surface area contributed by atoms with Crippen LogP contribution in [0.15, 0.2) is 39.8 Å². The van der Waals surface area contributed by atoms with E-state index < -0.39 is 10.0 Å². The number of hydrogen-bond donors (Lipinski definition) is 2. The molecule has 2 aromatic rings. The number of sulfonamides is 1. The lowest BCUT2D eigenvalue weighted by molar-refractivity contribution is 0.0963. The smallest absolute Gasteiger partial charge is 0.251 e. The van der Waals surface area contributed by atoms with E-state index in [-0.39, 0.29) is 22.8 Å². The molecule has 2 atom stereocenters. The van der Waals surface area contributed by atoms with Crippen LogP contribution in [0.25, 0.3) is 0 Å². The van der Waals surface area contributed by atoms with Gasteiger partial charge in [0, 0.05) is 31.0 Å². The summed E-state index contributed by atoms with van der Waals surface area (Å²) in [7, 11) is -2.20. The largest absolute Gasteiger partial charge is 0.379 e. The van der Waals surface area contributed by atoms with E-state index in [9.17, 15) is 13.2 Å². The van der Waals surface area contributed by atoms with Crippen LogP contribution in [0.4, 0.5) is 0 Å². The minimum Gasteiger partial charge on any atom is -0.379 e. The highest BCUT2D eigenvalue weighted by atomic mass is 32.2. The standard InChI is InChI=1S/C17H21N3O5S/c1-11-7-14(25-19-11)8-13-9-24-10-16(13)20-26(22,23)15-5-3-12(4-6-15)17(21)18-2/h3-7,13,16,20H,8-10H2,1-2H3,(H,18,21)/t13-,16+/m1/s1. The van der Waals surface area contributed by atoms with Gasteiger partial charge >= 0.3 is 0 Å². The molecule has 2 heterocycles. The Kier molecular flexibility index (Phi) is 5.40. The van der Waals surface area contributed by atoms with Crippen molar-refractivity contribution in [1.29, 1.82) is 0 Å². The summed E-state index contributed by atoms with van der Waals surface area (Å²) >= 11 is 0. The average molecular weight is 379 g/mol. The molecule has 1 aliphatic heterocycles. The molecule has 1 saturated heterocycles. The van der Waals surface area contributed by atoms with Crippen LogP contribution in [0.1, 0.15) is 21.8 Å². The minimum absolute atomic E-state index is 0.0396. The molecule has 8 nitrogen and oxygen atoms in total. The Balaban J connectivity index is 1.70. The third-order valence-electron chi connectivity index (χ3n) is 4.30. The van der Waals surface area contributed by atoms with Crippen LogP contribution in [0, 0.1) is 12.8 Å². The molecule has 26 heavy (non-hydrogen) atoms. The van der Waals surface area contributed by atoms with Crippen LogP contribution in [-0.2, 0) is 21.2 Å². The van der Waals surface area contributed by atoms with E-state index in [0.29, 0.717) is 31.0 Å². The number of carbonyl (C=O) groups excluding carboxylic acids is 1. The maximum atomic E-state index is 12.6. The second-order valence-electron chi connectivity index (χ2n) is 6.27. The molecule has 0 bridgehead atoms. The van der Waals surface area contributed by atoms with E-state index in [0.717, 1.165) is 5.69 Å². The van der Waals surface area contributed by atoms with E-state index >= 15 is 0 Å². The van der Waals surface area contributed by atoms with Crippen LogP contribution in [0.3, 0.4) is 0 Å². The third kappa shape index (κ3) is 4.12. The van der Waals surface area contributed by atoms with Crippen molar-refractivity contribution in [3.05, 3.63) is 47.3 Å². The highest BCUT2D eigenvalue weighted by molar-refractivity contribution is 7.89. The monoisotopic (exact) mass is 379 g/mol. The lowest BCUT2D eigenvalue weighted by Gasteiger charge is -2.18. The molecule has 0 spiro atoms. The van der Waals surface area contributed by atoms with E-state index in [1.54, 1.807) is 0 Å². The molecule has 0 saturated carbocycles. The highest BCUT2D eigenvalue weighted by Crippen LogP contribution is 2.22. The van der Waals surface area contributed by atoms with Gasteiger partial charge in [-0.1, -0.05) is 5.16 Å². The quantitative estimate of drug-likeness (QED) is 0.771. The van der Waals surface area contributed by atoms with Crippen LogP contribution in [-0.4, -0.2) is 45.8 Å². The number of nitrogens with zero attached hydrogens (tertiary/aromatic N) is 1. The predicted octanol–water partition coefficient (Wildman–Crippen LogP) is 0.879. The van der Waals surface area contributed by atoms with Crippen molar-refractivity contribution in [2.24, 2.45) is 5.92 Å². The Morgan fingerprint density at radius 1 is 1.27 bits per heavy atom. The summed E-state index contributed by atoms with van der Waals surface area (Å²) in [6.07, 6.45) is 0.545.